The van der Waals surface area contributed by atoms with Gasteiger partial charge in [-0.15, -0.1) is 0 Å². The molecule has 94 valence electrons. The van der Waals surface area contributed by atoms with E-state index >= 15 is 0 Å². The summed E-state index contributed by atoms with van der Waals surface area (Å²) in [5, 5.41) is 1.44. The molecule has 1 aliphatic rings. The summed E-state index contributed by atoms with van der Waals surface area (Å²) in [7, 11) is 0. The minimum Gasteiger partial charge on any atom is -0.251 e. The predicted molar refractivity (Wildman–Crippen MR) is 72.9 cm³/mol. The molecular weight excluding hydrogens is 272 g/mol. The van der Waals surface area contributed by atoms with Crippen LogP contribution in [0, 0.1) is 5.82 Å². The van der Waals surface area contributed by atoms with Crippen LogP contribution in [0.5, 0.6) is 0 Å². The van der Waals surface area contributed by atoms with Crippen LogP contribution in [-0.2, 0) is 0 Å². The Bertz CT molecular complexity index is 606. The third-order valence-electron chi connectivity index (χ3n) is 3.57. The van der Waals surface area contributed by atoms with E-state index in [0.29, 0.717) is 26.9 Å². The van der Waals surface area contributed by atoms with Crippen LogP contribution in [-0.4, -0.2) is 4.98 Å². The number of nitrogens with zero attached hydrogens (tertiary/aromatic N) is 1. The molecule has 1 fully saturated rings. The summed E-state index contributed by atoms with van der Waals surface area (Å²) in [5.41, 5.74) is 1.59. The zero-order valence-corrected chi connectivity index (χ0v) is 11.2. The van der Waals surface area contributed by atoms with E-state index in [4.69, 9.17) is 23.2 Å². The fraction of sp³-hybridized carbons (Fsp3) is 0.357. The zero-order valence-electron chi connectivity index (χ0n) is 9.72. The van der Waals surface area contributed by atoms with Crippen molar-refractivity contribution in [2.45, 2.75) is 31.6 Å². The molecule has 18 heavy (non-hydrogen) atoms. The Morgan fingerprint density at radius 3 is 2.50 bits per heavy atom. The fourth-order valence-electron chi connectivity index (χ4n) is 2.66. The number of aromatic nitrogens is 1. The molecule has 1 nitrogen and oxygen atoms in total. The van der Waals surface area contributed by atoms with Gasteiger partial charge in [-0.25, -0.2) is 4.39 Å². The summed E-state index contributed by atoms with van der Waals surface area (Å²) in [4.78, 5) is 4.58. The van der Waals surface area contributed by atoms with Crippen molar-refractivity contribution in [3.05, 3.63) is 39.8 Å². The smallest absolute Gasteiger partial charge is 0.125 e. The van der Waals surface area contributed by atoms with E-state index in [1.54, 1.807) is 0 Å². The Hall–Kier alpha value is -0.860. The van der Waals surface area contributed by atoms with Crippen molar-refractivity contribution in [1.82, 2.24) is 4.98 Å². The fourth-order valence-corrected chi connectivity index (χ4v) is 3.17. The van der Waals surface area contributed by atoms with Gasteiger partial charge in [-0.05, 0) is 31.0 Å². The predicted octanol–water partition coefficient (Wildman–Crippen LogP) is 5.34. The van der Waals surface area contributed by atoms with E-state index in [9.17, 15) is 4.39 Å². The zero-order chi connectivity index (χ0) is 12.7. The average molecular weight is 284 g/mol. The van der Waals surface area contributed by atoms with E-state index in [0.717, 1.165) is 18.5 Å². The van der Waals surface area contributed by atoms with Crippen LogP contribution in [0.15, 0.2) is 18.2 Å². The molecule has 0 spiro atoms. The molecule has 0 unspecified atom stereocenters. The third-order valence-corrected chi connectivity index (χ3v) is 4.18. The molecule has 0 radical (unpaired) electrons. The SMILES string of the molecule is Fc1cc(Cl)c2nc(C3CCCC3)cc(Cl)c2c1. The van der Waals surface area contributed by atoms with Crippen LogP contribution >= 0.6 is 23.2 Å². The van der Waals surface area contributed by atoms with Gasteiger partial charge in [0, 0.05) is 17.0 Å². The highest BCUT2D eigenvalue weighted by Gasteiger charge is 2.20. The number of rotatable bonds is 1. The van der Waals surface area contributed by atoms with Crippen molar-refractivity contribution < 1.29 is 4.39 Å². The van der Waals surface area contributed by atoms with Gasteiger partial charge in [0.1, 0.15) is 5.82 Å². The lowest BCUT2D eigenvalue weighted by atomic mass is 10.0. The Morgan fingerprint density at radius 2 is 1.78 bits per heavy atom. The van der Waals surface area contributed by atoms with E-state index in [2.05, 4.69) is 4.98 Å². The third kappa shape index (κ3) is 2.08. The van der Waals surface area contributed by atoms with Gasteiger partial charge < -0.3 is 0 Å². The number of fused-ring (bicyclic) bond motifs is 1. The highest BCUT2D eigenvalue weighted by molar-refractivity contribution is 6.39. The van der Waals surface area contributed by atoms with Gasteiger partial charge in [0.15, 0.2) is 0 Å². The molecule has 0 N–H and O–H groups in total. The molecule has 1 saturated carbocycles. The van der Waals surface area contributed by atoms with E-state index in [1.165, 1.54) is 25.0 Å². The highest BCUT2D eigenvalue weighted by atomic mass is 35.5. The highest BCUT2D eigenvalue weighted by Crippen LogP contribution is 2.37. The summed E-state index contributed by atoms with van der Waals surface area (Å²) >= 11 is 12.3. The van der Waals surface area contributed by atoms with Crippen LogP contribution in [0.4, 0.5) is 4.39 Å². The molecule has 0 saturated heterocycles. The molecule has 0 aliphatic heterocycles. The second-order valence-electron chi connectivity index (χ2n) is 4.79. The van der Waals surface area contributed by atoms with Gasteiger partial charge in [0.2, 0.25) is 0 Å². The second kappa shape index (κ2) is 4.67. The quantitative estimate of drug-likeness (QED) is 0.689. The van der Waals surface area contributed by atoms with Crippen LogP contribution in [0.25, 0.3) is 10.9 Å². The number of hydrogen-bond acceptors (Lipinski definition) is 1. The van der Waals surface area contributed by atoms with Gasteiger partial charge in [-0.1, -0.05) is 36.0 Å². The summed E-state index contributed by atoms with van der Waals surface area (Å²) in [6, 6.07) is 4.52. The lowest BCUT2D eigenvalue weighted by Gasteiger charge is -2.11. The van der Waals surface area contributed by atoms with E-state index in [-0.39, 0.29) is 5.82 Å². The molecule has 3 rings (SSSR count). The molecule has 0 atom stereocenters. The summed E-state index contributed by atoms with van der Waals surface area (Å²) in [6.45, 7) is 0. The van der Waals surface area contributed by atoms with Crippen molar-refractivity contribution in [1.29, 1.82) is 0 Å². The van der Waals surface area contributed by atoms with Crippen molar-refractivity contribution in [3.8, 4) is 0 Å². The number of hydrogen-bond donors (Lipinski definition) is 0. The van der Waals surface area contributed by atoms with Gasteiger partial charge in [0.05, 0.1) is 15.6 Å². The second-order valence-corrected chi connectivity index (χ2v) is 5.61. The monoisotopic (exact) mass is 283 g/mol. The minimum atomic E-state index is -0.384. The molecule has 1 aromatic heterocycles. The number of halogens is 3. The summed E-state index contributed by atoms with van der Waals surface area (Å²) in [5.74, 6) is 0.0813. The largest absolute Gasteiger partial charge is 0.251 e. The maximum absolute atomic E-state index is 13.3. The van der Waals surface area contributed by atoms with Crippen molar-refractivity contribution in [3.63, 3.8) is 0 Å². The van der Waals surface area contributed by atoms with Gasteiger partial charge >= 0.3 is 0 Å². The molecule has 0 amide bonds. The Labute approximate surface area is 115 Å². The normalized spacial score (nSPS) is 16.6. The first-order chi connectivity index (χ1) is 8.65. The van der Waals surface area contributed by atoms with Gasteiger partial charge in [-0.3, -0.25) is 4.98 Å². The van der Waals surface area contributed by atoms with Gasteiger partial charge in [-0.2, -0.15) is 0 Å². The summed E-state index contributed by atoms with van der Waals surface area (Å²) < 4.78 is 13.3. The Morgan fingerprint density at radius 1 is 1.06 bits per heavy atom. The standard InChI is InChI=1S/C14H12Cl2FN/c15-11-7-13(8-3-1-2-4-8)18-14-10(11)5-9(17)6-12(14)16/h5-8H,1-4H2. The van der Waals surface area contributed by atoms with Crippen molar-refractivity contribution >= 4 is 34.1 Å². The van der Waals surface area contributed by atoms with Crippen molar-refractivity contribution in [2.75, 3.05) is 0 Å². The molecule has 0 bridgehead atoms. The minimum absolute atomic E-state index is 0.326. The molecule has 2 aromatic rings. The van der Waals surface area contributed by atoms with Crippen LogP contribution in [0.1, 0.15) is 37.3 Å². The first-order valence-electron chi connectivity index (χ1n) is 6.10. The van der Waals surface area contributed by atoms with Crippen LogP contribution in [0.3, 0.4) is 0 Å². The molecule has 1 aliphatic carbocycles. The first kappa shape index (κ1) is 12.2. The topological polar surface area (TPSA) is 12.9 Å². The Balaban J connectivity index is 2.20. The average Bonchev–Trinajstić information content (AvgIpc) is 2.83. The molecule has 1 heterocycles. The Kier molecular flexibility index (Phi) is 3.16. The van der Waals surface area contributed by atoms with E-state index < -0.39 is 0 Å². The van der Waals surface area contributed by atoms with Crippen LogP contribution in [0.2, 0.25) is 10.0 Å². The number of benzene rings is 1. The lowest BCUT2D eigenvalue weighted by molar-refractivity contribution is 0.629. The lowest BCUT2D eigenvalue weighted by Crippen LogP contribution is -1.98. The molecular formula is C14H12Cl2FN. The maximum atomic E-state index is 13.3. The van der Waals surface area contributed by atoms with Gasteiger partial charge in [0.25, 0.3) is 0 Å². The maximum Gasteiger partial charge on any atom is 0.125 e. The number of pyridine rings is 1. The van der Waals surface area contributed by atoms with E-state index in [1.807, 2.05) is 6.07 Å². The summed E-state index contributed by atoms with van der Waals surface area (Å²) in [6.07, 6.45) is 4.76. The molecule has 1 aromatic carbocycles. The first-order valence-corrected chi connectivity index (χ1v) is 6.86. The molecule has 4 heteroatoms. The van der Waals surface area contributed by atoms with Crippen LogP contribution < -0.4 is 0 Å². The van der Waals surface area contributed by atoms with Crippen molar-refractivity contribution in [2.24, 2.45) is 0 Å².